The molecule has 0 radical (unpaired) electrons. The zero-order valence-electron chi connectivity index (χ0n) is 12.6. The lowest BCUT2D eigenvalue weighted by atomic mass is 10.3. The van der Waals surface area contributed by atoms with Gasteiger partial charge in [0.1, 0.15) is 17.5 Å². The fourth-order valence-corrected chi connectivity index (χ4v) is 1.70. The van der Waals surface area contributed by atoms with Crippen LogP contribution in [0.1, 0.15) is 39.4 Å². The van der Waals surface area contributed by atoms with Gasteiger partial charge in [-0.15, -0.1) is 0 Å². The third-order valence-corrected chi connectivity index (χ3v) is 2.61. The van der Waals surface area contributed by atoms with Gasteiger partial charge in [0.15, 0.2) is 0 Å². The van der Waals surface area contributed by atoms with Gasteiger partial charge >= 0.3 is 0 Å². The van der Waals surface area contributed by atoms with Crippen LogP contribution in [0.5, 0.6) is 0 Å². The lowest BCUT2D eigenvalue weighted by Gasteiger charge is -2.11. The predicted octanol–water partition coefficient (Wildman–Crippen LogP) is 1.80. The number of hydrogen-bond donors (Lipinski definition) is 3. The van der Waals surface area contributed by atoms with Crippen LogP contribution in [0.2, 0.25) is 0 Å². The van der Waals surface area contributed by atoms with Crippen molar-refractivity contribution in [2.45, 2.75) is 40.0 Å². The fourth-order valence-electron chi connectivity index (χ4n) is 1.70. The number of carbonyl (C=O) groups is 1. The first-order valence-corrected chi connectivity index (χ1v) is 7.25. The average Bonchev–Trinajstić information content (AvgIpc) is 2.41. The van der Waals surface area contributed by atoms with Crippen molar-refractivity contribution < 1.29 is 4.79 Å². The number of rotatable bonds is 9. The summed E-state index contributed by atoms with van der Waals surface area (Å²) >= 11 is 0. The molecule has 0 saturated carbocycles. The number of carbonyl (C=O) groups excluding carboxylic acids is 1. The molecule has 1 amide bonds. The largest absolute Gasteiger partial charge is 0.370 e. The second kappa shape index (κ2) is 9.12. The Labute approximate surface area is 120 Å². The Kier molecular flexibility index (Phi) is 7.39. The van der Waals surface area contributed by atoms with E-state index in [1.54, 1.807) is 0 Å². The normalized spacial score (nSPS) is 10.2. The van der Waals surface area contributed by atoms with Crippen LogP contribution in [-0.4, -0.2) is 35.5 Å². The summed E-state index contributed by atoms with van der Waals surface area (Å²) in [6.07, 6.45) is 2.93. The molecule has 1 heterocycles. The van der Waals surface area contributed by atoms with Gasteiger partial charge in [-0.05, 0) is 12.8 Å². The van der Waals surface area contributed by atoms with E-state index >= 15 is 0 Å². The number of anilines is 2. The van der Waals surface area contributed by atoms with Crippen molar-refractivity contribution in [1.29, 1.82) is 0 Å². The van der Waals surface area contributed by atoms with E-state index in [4.69, 9.17) is 0 Å². The number of aryl methyl sites for hydroxylation is 1. The number of aromatic nitrogens is 2. The van der Waals surface area contributed by atoms with E-state index in [0.29, 0.717) is 13.1 Å². The SMILES string of the molecule is CCCNc1cc(NCCNC(C)=O)nc(CCC)n1. The minimum Gasteiger partial charge on any atom is -0.370 e. The van der Waals surface area contributed by atoms with Crippen molar-refractivity contribution in [2.24, 2.45) is 0 Å². The van der Waals surface area contributed by atoms with Gasteiger partial charge in [-0.3, -0.25) is 4.79 Å². The van der Waals surface area contributed by atoms with Gasteiger partial charge in [-0.1, -0.05) is 13.8 Å². The van der Waals surface area contributed by atoms with Crippen LogP contribution < -0.4 is 16.0 Å². The molecular weight excluding hydrogens is 254 g/mol. The van der Waals surface area contributed by atoms with Gasteiger partial charge in [-0.2, -0.15) is 0 Å². The Morgan fingerprint density at radius 3 is 2.25 bits per heavy atom. The molecule has 0 spiro atoms. The molecule has 0 aliphatic carbocycles. The molecule has 0 atom stereocenters. The lowest BCUT2D eigenvalue weighted by Crippen LogP contribution is -2.26. The molecule has 1 aromatic rings. The first-order valence-electron chi connectivity index (χ1n) is 7.25. The van der Waals surface area contributed by atoms with Gasteiger partial charge in [0.2, 0.25) is 5.91 Å². The third-order valence-electron chi connectivity index (χ3n) is 2.61. The van der Waals surface area contributed by atoms with E-state index in [0.717, 1.165) is 43.3 Å². The second-order valence-electron chi connectivity index (χ2n) is 4.64. The van der Waals surface area contributed by atoms with Crippen molar-refractivity contribution >= 4 is 17.5 Å². The Balaban J connectivity index is 2.62. The number of nitrogens with one attached hydrogen (secondary N) is 3. The molecule has 0 unspecified atom stereocenters. The summed E-state index contributed by atoms with van der Waals surface area (Å²) < 4.78 is 0. The van der Waals surface area contributed by atoms with Crippen LogP contribution in [0.15, 0.2) is 6.07 Å². The number of nitrogens with zero attached hydrogens (tertiary/aromatic N) is 2. The molecule has 0 fully saturated rings. The first kappa shape index (κ1) is 16.2. The van der Waals surface area contributed by atoms with Gasteiger partial charge in [0, 0.05) is 39.0 Å². The highest BCUT2D eigenvalue weighted by atomic mass is 16.1. The summed E-state index contributed by atoms with van der Waals surface area (Å²) in [5, 5.41) is 9.24. The Morgan fingerprint density at radius 1 is 1.05 bits per heavy atom. The quantitative estimate of drug-likeness (QED) is 0.601. The minimum atomic E-state index is -0.0218. The molecule has 112 valence electrons. The molecule has 0 aliphatic rings. The summed E-state index contributed by atoms with van der Waals surface area (Å²) in [7, 11) is 0. The number of hydrogen-bond acceptors (Lipinski definition) is 5. The summed E-state index contributed by atoms with van der Waals surface area (Å²) in [5.74, 6) is 2.47. The standard InChI is InChI=1S/C14H25N5O/c1-4-6-12-18-13(16-7-5-2)10-14(19-12)17-9-8-15-11(3)20/h10H,4-9H2,1-3H3,(H,15,20)(H2,16,17,18,19). The minimum absolute atomic E-state index is 0.0218. The zero-order valence-corrected chi connectivity index (χ0v) is 12.6. The van der Waals surface area contributed by atoms with Gasteiger partial charge in [-0.25, -0.2) is 9.97 Å². The van der Waals surface area contributed by atoms with Crippen molar-refractivity contribution in [3.05, 3.63) is 11.9 Å². The molecule has 1 rings (SSSR count). The van der Waals surface area contributed by atoms with E-state index in [2.05, 4.69) is 39.8 Å². The van der Waals surface area contributed by atoms with Crippen molar-refractivity contribution in [1.82, 2.24) is 15.3 Å². The van der Waals surface area contributed by atoms with Crippen LogP contribution in [0.4, 0.5) is 11.6 Å². The Hall–Kier alpha value is -1.85. The van der Waals surface area contributed by atoms with Crippen LogP contribution in [0.25, 0.3) is 0 Å². The summed E-state index contributed by atoms with van der Waals surface area (Å²) in [4.78, 5) is 19.8. The van der Waals surface area contributed by atoms with E-state index in [1.165, 1.54) is 6.92 Å². The Bertz CT molecular complexity index is 422. The van der Waals surface area contributed by atoms with Gasteiger partial charge in [0.05, 0.1) is 0 Å². The van der Waals surface area contributed by atoms with Crippen LogP contribution >= 0.6 is 0 Å². The van der Waals surface area contributed by atoms with Crippen LogP contribution in [0.3, 0.4) is 0 Å². The summed E-state index contributed by atoms with van der Waals surface area (Å²) in [6, 6.07) is 1.91. The average molecular weight is 279 g/mol. The highest BCUT2D eigenvalue weighted by Crippen LogP contribution is 2.12. The van der Waals surface area contributed by atoms with Crippen LogP contribution in [-0.2, 0) is 11.2 Å². The second-order valence-corrected chi connectivity index (χ2v) is 4.64. The monoisotopic (exact) mass is 279 g/mol. The molecule has 6 nitrogen and oxygen atoms in total. The Morgan fingerprint density at radius 2 is 1.70 bits per heavy atom. The predicted molar refractivity (Wildman–Crippen MR) is 82.0 cm³/mol. The zero-order chi connectivity index (χ0) is 14.8. The maximum absolute atomic E-state index is 10.8. The first-order chi connectivity index (χ1) is 9.65. The molecule has 0 aromatic carbocycles. The van der Waals surface area contributed by atoms with Gasteiger partial charge < -0.3 is 16.0 Å². The summed E-state index contributed by atoms with van der Waals surface area (Å²) in [5.41, 5.74) is 0. The molecule has 1 aromatic heterocycles. The van der Waals surface area contributed by atoms with Crippen molar-refractivity contribution in [2.75, 3.05) is 30.3 Å². The van der Waals surface area contributed by atoms with Gasteiger partial charge in [0.25, 0.3) is 0 Å². The molecule has 3 N–H and O–H groups in total. The van der Waals surface area contributed by atoms with E-state index in [-0.39, 0.29) is 5.91 Å². The molecular formula is C14H25N5O. The fraction of sp³-hybridized carbons (Fsp3) is 0.643. The maximum Gasteiger partial charge on any atom is 0.216 e. The van der Waals surface area contributed by atoms with E-state index in [1.807, 2.05) is 6.07 Å². The molecule has 0 aliphatic heterocycles. The van der Waals surface area contributed by atoms with Crippen LogP contribution in [0, 0.1) is 0 Å². The van der Waals surface area contributed by atoms with E-state index in [9.17, 15) is 4.79 Å². The van der Waals surface area contributed by atoms with Crippen molar-refractivity contribution in [3.8, 4) is 0 Å². The smallest absolute Gasteiger partial charge is 0.216 e. The number of amides is 1. The topological polar surface area (TPSA) is 78.9 Å². The van der Waals surface area contributed by atoms with E-state index < -0.39 is 0 Å². The summed E-state index contributed by atoms with van der Waals surface area (Å²) in [6.45, 7) is 7.87. The molecule has 20 heavy (non-hydrogen) atoms. The molecule has 6 heteroatoms. The highest BCUT2D eigenvalue weighted by Gasteiger charge is 2.03. The van der Waals surface area contributed by atoms with Crippen molar-refractivity contribution in [3.63, 3.8) is 0 Å². The highest BCUT2D eigenvalue weighted by molar-refractivity contribution is 5.72. The maximum atomic E-state index is 10.8. The lowest BCUT2D eigenvalue weighted by molar-refractivity contribution is -0.118. The third kappa shape index (κ3) is 6.36. The molecule has 0 saturated heterocycles. The molecule has 0 bridgehead atoms.